The third-order valence-electron chi connectivity index (χ3n) is 5.32. The van der Waals surface area contributed by atoms with E-state index in [1.807, 2.05) is 42.2 Å². The van der Waals surface area contributed by atoms with Gasteiger partial charge in [-0.05, 0) is 37.8 Å². The van der Waals surface area contributed by atoms with Crippen LogP contribution in [0, 0.1) is 0 Å². The van der Waals surface area contributed by atoms with Crippen molar-refractivity contribution in [2.24, 2.45) is 0 Å². The Morgan fingerprint density at radius 2 is 2.00 bits per heavy atom. The average molecular weight is 374 g/mol. The highest BCUT2D eigenvalue weighted by Crippen LogP contribution is 2.18. The normalized spacial score (nSPS) is 23.1. The van der Waals surface area contributed by atoms with Crippen molar-refractivity contribution in [1.82, 2.24) is 20.1 Å². The Kier molecular flexibility index (Phi) is 6.03. The van der Waals surface area contributed by atoms with Gasteiger partial charge in [0.05, 0.1) is 11.9 Å². The number of anilines is 2. The molecule has 0 saturated carbocycles. The minimum atomic E-state index is -0.374. The van der Waals surface area contributed by atoms with Gasteiger partial charge in [0.15, 0.2) is 0 Å². The Morgan fingerprint density at radius 3 is 2.63 bits per heavy atom. The van der Waals surface area contributed by atoms with E-state index in [1.54, 1.807) is 11.9 Å². The van der Waals surface area contributed by atoms with Gasteiger partial charge >= 0.3 is 6.03 Å². The molecule has 0 bridgehead atoms. The van der Waals surface area contributed by atoms with Crippen LogP contribution < -0.4 is 15.5 Å². The zero-order valence-electron chi connectivity index (χ0n) is 16.4. The number of carbonyl (C=O) groups is 2. The number of nitrogens with zero attached hydrogens (tertiary/aromatic N) is 4. The maximum atomic E-state index is 12.5. The van der Waals surface area contributed by atoms with Crippen LogP contribution in [-0.4, -0.2) is 79.6 Å². The SMILES string of the molecule is CN1CCC(NC(=O)N2CCCC(Nc3ccc(N(C)C)nc3)CC2)C1=O. The molecule has 0 aromatic carbocycles. The number of carbonyl (C=O) groups excluding carboxylic acids is 2. The van der Waals surface area contributed by atoms with Crippen molar-refractivity contribution in [3.8, 4) is 0 Å². The van der Waals surface area contributed by atoms with Crippen molar-refractivity contribution in [2.75, 3.05) is 51.0 Å². The maximum absolute atomic E-state index is 12.5. The van der Waals surface area contributed by atoms with Gasteiger partial charge in [-0.1, -0.05) is 0 Å². The van der Waals surface area contributed by atoms with Crippen LogP contribution in [0.4, 0.5) is 16.3 Å². The van der Waals surface area contributed by atoms with Gasteiger partial charge in [-0.3, -0.25) is 4.79 Å². The van der Waals surface area contributed by atoms with Crippen LogP contribution in [0.15, 0.2) is 18.3 Å². The molecule has 0 aliphatic carbocycles. The summed E-state index contributed by atoms with van der Waals surface area (Å²) in [5, 5.41) is 6.43. The highest BCUT2D eigenvalue weighted by atomic mass is 16.2. The summed E-state index contributed by atoms with van der Waals surface area (Å²) in [4.78, 5) is 34.4. The van der Waals surface area contributed by atoms with Crippen LogP contribution in [-0.2, 0) is 4.79 Å². The molecule has 2 saturated heterocycles. The predicted octanol–water partition coefficient (Wildman–Crippen LogP) is 1.35. The number of likely N-dealkylation sites (tertiary alicyclic amines) is 2. The first-order chi connectivity index (χ1) is 12.9. The van der Waals surface area contributed by atoms with E-state index in [0.29, 0.717) is 25.6 Å². The lowest BCUT2D eigenvalue weighted by molar-refractivity contribution is -0.128. The van der Waals surface area contributed by atoms with E-state index < -0.39 is 0 Å². The van der Waals surface area contributed by atoms with Gasteiger partial charge in [0.1, 0.15) is 11.9 Å². The lowest BCUT2D eigenvalue weighted by atomic mass is 10.1. The molecular weight excluding hydrogens is 344 g/mol. The largest absolute Gasteiger partial charge is 0.381 e. The van der Waals surface area contributed by atoms with Gasteiger partial charge in [-0.25, -0.2) is 9.78 Å². The second kappa shape index (κ2) is 8.45. The van der Waals surface area contributed by atoms with Crippen molar-refractivity contribution in [1.29, 1.82) is 0 Å². The van der Waals surface area contributed by atoms with E-state index in [9.17, 15) is 9.59 Å². The van der Waals surface area contributed by atoms with Crippen LogP contribution in [0.2, 0.25) is 0 Å². The molecule has 27 heavy (non-hydrogen) atoms. The molecule has 3 rings (SSSR count). The molecule has 0 radical (unpaired) electrons. The zero-order chi connectivity index (χ0) is 19.4. The highest BCUT2D eigenvalue weighted by molar-refractivity contribution is 5.88. The number of nitrogens with one attached hydrogen (secondary N) is 2. The van der Waals surface area contributed by atoms with Crippen LogP contribution in [0.1, 0.15) is 25.7 Å². The lowest BCUT2D eigenvalue weighted by Crippen LogP contribution is -2.48. The summed E-state index contributed by atoms with van der Waals surface area (Å²) in [6, 6.07) is 3.85. The molecule has 2 aliphatic rings. The fourth-order valence-corrected chi connectivity index (χ4v) is 3.61. The molecule has 2 atom stereocenters. The Labute approximate surface area is 160 Å². The second-order valence-corrected chi connectivity index (χ2v) is 7.61. The minimum absolute atomic E-state index is 0.00591. The summed E-state index contributed by atoms with van der Waals surface area (Å²) >= 11 is 0. The fourth-order valence-electron chi connectivity index (χ4n) is 3.61. The molecule has 2 unspecified atom stereocenters. The second-order valence-electron chi connectivity index (χ2n) is 7.61. The van der Waals surface area contributed by atoms with Crippen LogP contribution in [0.3, 0.4) is 0 Å². The van der Waals surface area contributed by atoms with Gasteiger partial charge in [0.25, 0.3) is 0 Å². The molecule has 2 aliphatic heterocycles. The molecule has 148 valence electrons. The molecule has 0 spiro atoms. The number of pyridine rings is 1. The number of likely N-dealkylation sites (N-methyl/N-ethyl adjacent to an activating group) is 1. The summed E-state index contributed by atoms with van der Waals surface area (Å²) in [6.45, 7) is 2.11. The van der Waals surface area contributed by atoms with E-state index >= 15 is 0 Å². The van der Waals surface area contributed by atoms with Crippen molar-refractivity contribution < 1.29 is 9.59 Å². The monoisotopic (exact) mass is 374 g/mol. The van der Waals surface area contributed by atoms with Crippen molar-refractivity contribution in [2.45, 2.75) is 37.8 Å². The standard InChI is InChI=1S/C19H30N6O2/c1-23(2)17-7-6-15(13-20-17)21-14-5-4-10-25(12-8-14)19(27)22-16-9-11-24(3)18(16)26/h6-7,13-14,16,21H,4-5,8-12H2,1-3H3,(H,22,27). The Hall–Kier alpha value is -2.51. The van der Waals surface area contributed by atoms with Crippen molar-refractivity contribution in [3.05, 3.63) is 18.3 Å². The fraction of sp³-hybridized carbons (Fsp3) is 0.632. The van der Waals surface area contributed by atoms with E-state index in [-0.39, 0.29) is 18.0 Å². The van der Waals surface area contributed by atoms with E-state index in [4.69, 9.17) is 0 Å². The van der Waals surface area contributed by atoms with Gasteiger partial charge in [0.2, 0.25) is 5.91 Å². The van der Waals surface area contributed by atoms with E-state index in [0.717, 1.165) is 37.3 Å². The first-order valence-electron chi connectivity index (χ1n) is 9.64. The maximum Gasteiger partial charge on any atom is 0.318 e. The molecule has 3 heterocycles. The number of aromatic nitrogens is 1. The summed E-state index contributed by atoms with van der Waals surface area (Å²) in [5.41, 5.74) is 1.00. The summed E-state index contributed by atoms with van der Waals surface area (Å²) in [7, 11) is 5.71. The Balaban J connectivity index is 1.49. The molecular formula is C19H30N6O2. The number of hydrogen-bond acceptors (Lipinski definition) is 5. The first kappa shape index (κ1) is 19.3. The summed E-state index contributed by atoms with van der Waals surface area (Å²) < 4.78 is 0. The first-order valence-corrected chi connectivity index (χ1v) is 9.64. The molecule has 8 heteroatoms. The van der Waals surface area contributed by atoms with Gasteiger partial charge in [-0.15, -0.1) is 0 Å². The number of urea groups is 1. The van der Waals surface area contributed by atoms with Gasteiger partial charge in [0, 0.05) is 46.8 Å². The topological polar surface area (TPSA) is 80.8 Å². The Bertz CT molecular complexity index is 663. The predicted molar refractivity (Wildman–Crippen MR) is 106 cm³/mol. The Morgan fingerprint density at radius 1 is 1.19 bits per heavy atom. The molecule has 3 amide bonds. The number of amides is 3. The van der Waals surface area contributed by atoms with E-state index in [1.165, 1.54) is 0 Å². The smallest absolute Gasteiger partial charge is 0.318 e. The molecule has 1 aromatic rings. The third kappa shape index (κ3) is 4.81. The zero-order valence-corrected chi connectivity index (χ0v) is 16.4. The molecule has 2 N–H and O–H groups in total. The molecule has 8 nitrogen and oxygen atoms in total. The van der Waals surface area contributed by atoms with Crippen molar-refractivity contribution in [3.63, 3.8) is 0 Å². The highest BCUT2D eigenvalue weighted by Gasteiger charge is 2.31. The number of rotatable bonds is 4. The summed E-state index contributed by atoms with van der Waals surface area (Å²) in [5.74, 6) is 0.933. The lowest BCUT2D eigenvalue weighted by Gasteiger charge is -2.23. The third-order valence-corrected chi connectivity index (χ3v) is 5.32. The minimum Gasteiger partial charge on any atom is -0.381 e. The van der Waals surface area contributed by atoms with Gasteiger partial charge < -0.3 is 25.3 Å². The van der Waals surface area contributed by atoms with Crippen molar-refractivity contribution >= 4 is 23.4 Å². The van der Waals surface area contributed by atoms with Crippen LogP contribution >= 0.6 is 0 Å². The molecule has 2 fully saturated rings. The van der Waals surface area contributed by atoms with E-state index in [2.05, 4.69) is 15.6 Å². The van der Waals surface area contributed by atoms with Crippen LogP contribution in [0.25, 0.3) is 0 Å². The number of hydrogen-bond donors (Lipinski definition) is 2. The summed E-state index contributed by atoms with van der Waals surface area (Å²) in [6.07, 6.45) is 5.36. The van der Waals surface area contributed by atoms with Gasteiger partial charge in [-0.2, -0.15) is 0 Å². The van der Waals surface area contributed by atoms with Crippen LogP contribution in [0.5, 0.6) is 0 Å². The average Bonchev–Trinajstić information content (AvgIpc) is 2.85. The quantitative estimate of drug-likeness (QED) is 0.832. The molecule has 1 aromatic heterocycles.